The number of rotatable bonds is 1. The average molecular weight is 304 g/mol. The zero-order chi connectivity index (χ0) is 16.3. The number of amides is 2. The van der Waals surface area contributed by atoms with Crippen molar-refractivity contribution in [2.24, 2.45) is 0 Å². The van der Waals surface area contributed by atoms with E-state index in [1.165, 1.54) is 18.1 Å². The molecule has 1 aliphatic heterocycles. The molecule has 1 N–H and O–H groups in total. The van der Waals surface area contributed by atoms with E-state index in [1.54, 1.807) is 4.90 Å². The van der Waals surface area contributed by atoms with E-state index in [9.17, 15) is 9.59 Å². The zero-order valence-electron chi connectivity index (χ0n) is 13.7. The molecule has 5 heteroatoms. The number of fused-ring (bicyclic) bond motifs is 1. The van der Waals surface area contributed by atoms with Gasteiger partial charge in [-0.05, 0) is 56.9 Å². The molecule has 0 bridgehead atoms. The van der Waals surface area contributed by atoms with Gasteiger partial charge in [0.05, 0.1) is 0 Å². The van der Waals surface area contributed by atoms with Crippen LogP contribution in [0.1, 0.15) is 38.8 Å². The Morgan fingerprint density at radius 1 is 1.14 bits per heavy atom. The van der Waals surface area contributed by atoms with Gasteiger partial charge in [0.15, 0.2) is 0 Å². The van der Waals surface area contributed by atoms with E-state index in [-0.39, 0.29) is 12.0 Å². The van der Waals surface area contributed by atoms with Crippen molar-refractivity contribution < 1.29 is 14.3 Å². The van der Waals surface area contributed by atoms with Crippen LogP contribution in [0.5, 0.6) is 0 Å². The summed E-state index contributed by atoms with van der Waals surface area (Å²) in [6.45, 7) is 8.40. The van der Waals surface area contributed by atoms with Crippen molar-refractivity contribution in [1.82, 2.24) is 4.90 Å². The second-order valence-electron chi connectivity index (χ2n) is 6.63. The third-order valence-corrected chi connectivity index (χ3v) is 3.48. The zero-order valence-corrected chi connectivity index (χ0v) is 13.7. The Hall–Kier alpha value is -2.04. The smallest absolute Gasteiger partial charge is 0.410 e. The van der Waals surface area contributed by atoms with Crippen LogP contribution in [-0.4, -0.2) is 35.6 Å². The maximum absolute atomic E-state index is 12.2. The van der Waals surface area contributed by atoms with E-state index in [4.69, 9.17) is 4.74 Å². The van der Waals surface area contributed by atoms with E-state index in [0.29, 0.717) is 13.1 Å². The molecule has 22 heavy (non-hydrogen) atoms. The summed E-state index contributed by atoms with van der Waals surface area (Å²) >= 11 is 0. The van der Waals surface area contributed by atoms with Crippen molar-refractivity contribution in [2.45, 2.75) is 46.1 Å². The molecule has 0 aliphatic carbocycles. The van der Waals surface area contributed by atoms with E-state index in [0.717, 1.165) is 18.5 Å². The summed E-state index contributed by atoms with van der Waals surface area (Å²) in [6.07, 6.45) is 1.30. The van der Waals surface area contributed by atoms with Gasteiger partial charge in [-0.1, -0.05) is 6.07 Å². The molecule has 120 valence electrons. The van der Waals surface area contributed by atoms with Crippen LogP contribution in [0.2, 0.25) is 0 Å². The van der Waals surface area contributed by atoms with Gasteiger partial charge in [0, 0.05) is 25.7 Å². The van der Waals surface area contributed by atoms with E-state index >= 15 is 0 Å². The maximum Gasteiger partial charge on any atom is 0.410 e. The Balaban J connectivity index is 2.06. The minimum absolute atomic E-state index is 0.0797. The van der Waals surface area contributed by atoms with E-state index < -0.39 is 5.60 Å². The molecule has 0 radical (unpaired) electrons. The monoisotopic (exact) mass is 304 g/mol. The lowest BCUT2D eigenvalue weighted by Crippen LogP contribution is -2.38. The third-order valence-electron chi connectivity index (χ3n) is 3.48. The van der Waals surface area contributed by atoms with Crippen LogP contribution in [-0.2, 0) is 22.4 Å². The molecule has 1 aromatic rings. The van der Waals surface area contributed by atoms with Gasteiger partial charge >= 0.3 is 6.09 Å². The second-order valence-corrected chi connectivity index (χ2v) is 6.63. The number of nitrogens with one attached hydrogen (secondary N) is 1. The summed E-state index contributed by atoms with van der Waals surface area (Å²) in [5.41, 5.74) is 2.73. The fourth-order valence-electron chi connectivity index (χ4n) is 2.52. The van der Waals surface area contributed by atoms with Gasteiger partial charge in [-0.3, -0.25) is 4.79 Å². The number of carbonyl (C=O) groups is 2. The van der Waals surface area contributed by atoms with Crippen molar-refractivity contribution in [3.8, 4) is 0 Å². The van der Waals surface area contributed by atoms with Crippen LogP contribution in [0.15, 0.2) is 18.2 Å². The highest BCUT2D eigenvalue weighted by molar-refractivity contribution is 5.88. The molecule has 0 aromatic heterocycles. The number of hydrogen-bond acceptors (Lipinski definition) is 3. The largest absolute Gasteiger partial charge is 0.444 e. The fraction of sp³-hybridized carbons (Fsp3) is 0.529. The molecular weight excluding hydrogens is 280 g/mol. The Morgan fingerprint density at radius 3 is 2.36 bits per heavy atom. The Kier molecular flexibility index (Phi) is 4.74. The Bertz CT molecular complexity index is 576. The molecule has 1 aliphatic rings. The SMILES string of the molecule is CC(=O)Nc1ccc2c(c1)CCN(C(=O)OC(C)(C)C)CC2. The third kappa shape index (κ3) is 4.48. The number of hydrogen-bond donors (Lipinski definition) is 1. The number of anilines is 1. The molecule has 0 fully saturated rings. The minimum atomic E-state index is -0.477. The highest BCUT2D eigenvalue weighted by Crippen LogP contribution is 2.21. The number of benzene rings is 1. The first-order valence-corrected chi connectivity index (χ1v) is 7.62. The first-order valence-electron chi connectivity index (χ1n) is 7.62. The molecule has 1 aromatic carbocycles. The first kappa shape index (κ1) is 16.3. The molecule has 5 nitrogen and oxygen atoms in total. The number of nitrogens with zero attached hydrogens (tertiary/aromatic N) is 1. The molecule has 0 saturated carbocycles. The quantitative estimate of drug-likeness (QED) is 0.867. The van der Waals surface area contributed by atoms with Gasteiger partial charge in [-0.25, -0.2) is 4.79 Å². The highest BCUT2D eigenvalue weighted by atomic mass is 16.6. The van der Waals surface area contributed by atoms with Crippen LogP contribution >= 0.6 is 0 Å². The highest BCUT2D eigenvalue weighted by Gasteiger charge is 2.24. The summed E-state index contributed by atoms with van der Waals surface area (Å²) < 4.78 is 5.44. The van der Waals surface area contributed by atoms with Crippen molar-refractivity contribution in [3.05, 3.63) is 29.3 Å². The Labute approximate surface area is 131 Å². The van der Waals surface area contributed by atoms with Crippen molar-refractivity contribution in [3.63, 3.8) is 0 Å². The molecule has 0 spiro atoms. The van der Waals surface area contributed by atoms with Crippen molar-refractivity contribution >= 4 is 17.7 Å². The lowest BCUT2D eigenvalue weighted by Gasteiger charge is -2.26. The molecule has 0 saturated heterocycles. The molecule has 2 amide bonds. The van der Waals surface area contributed by atoms with Crippen molar-refractivity contribution in [2.75, 3.05) is 18.4 Å². The summed E-state index contributed by atoms with van der Waals surface area (Å²) in [4.78, 5) is 25.1. The van der Waals surface area contributed by atoms with Gasteiger partial charge in [-0.15, -0.1) is 0 Å². The summed E-state index contributed by atoms with van der Waals surface area (Å²) in [6, 6.07) is 5.93. The van der Waals surface area contributed by atoms with Crippen LogP contribution in [0.25, 0.3) is 0 Å². The summed E-state index contributed by atoms with van der Waals surface area (Å²) in [5, 5.41) is 2.80. The topological polar surface area (TPSA) is 58.6 Å². The normalized spacial score (nSPS) is 14.8. The molecule has 0 unspecified atom stereocenters. The number of carbonyl (C=O) groups excluding carboxylic acids is 2. The van der Waals surface area contributed by atoms with Gasteiger partial charge < -0.3 is 15.0 Å². The van der Waals surface area contributed by atoms with E-state index in [2.05, 4.69) is 5.32 Å². The molecular formula is C17H24N2O3. The molecule has 1 heterocycles. The lowest BCUT2D eigenvalue weighted by molar-refractivity contribution is -0.114. The van der Waals surface area contributed by atoms with Gasteiger partial charge in [-0.2, -0.15) is 0 Å². The van der Waals surface area contributed by atoms with Crippen LogP contribution in [0.3, 0.4) is 0 Å². The predicted octanol–water partition coefficient (Wildman–Crippen LogP) is 2.98. The summed E-state index contributed by atoms with van der Waals surface area (Å²) in [5.74, 6) is -0.0797. The van der Waals surface area contributed by atoms with Gasteiger partial charge in [0.25, 0.3) is 0 Å². The molecule has 0 atom stereocenters. The van der Waals surface area contributed by atoms with E-state index in [1.807, 2.05) is 39.0 Å². The number of ether oxygens (including phenoxy) is 1. The van der Waals surface area contributed by atoms with Gasteiger partial charge in [0.1, 0.15) is 5.60 Å². The average Bonchev–Trinajstić information content (AvgIpc) is 2.58. The Morgan fingerprint density at radius 2 is 1.77 bits per heavy atom. The molecule has 2 rings (SSSR count). The standard InChI is InChI=1S/C17H24N2O3/c1-12(20)18-15-6-5-13-7-9-19(10-8-14(13)11-15)16(21)22-17(2,3)4/h5-6,11H,7-10H2,1-4H3,(H,18,20). The second kappa shape index (κ2) is 6.38. The predicted molar refractivity (Wildman–Crippen MR) is 86.0 cm³/mol. The van der Waals surface area contributed by atoms with Crippen LogP contribution in [0.4, 0.5) is 10.5 Å². The maximum atomic E-state index is 12.2. The van der Waals surface area contributed by atoms with Crippen molar-refractivity contribution in [1.29, 1.82) is 0 Å². The summed E-state index contributed by atoms with van der Waals surface area (Å²) in [7, 11) is 0. The fourth-order valence-corrected chi connectivity index (χ4v) is 2.52. The first-order chi connectivity index (χ1) is 10.2. The van der Waals surface area contributed by atoms with Crippen LogP contribution < -0.4 is 5.32 Å². The lowest BCUT2D eigenvalue weighted by atomic mass is 10.0. The van der Waals surface area contributed by atoms with Crippen LogP contribution in [0, 0.1) is 0 Å². The minimum Gasteiger partial charge on any atom is -0.444 e. The van der Waals surface area contributed by atoms with Gasteiger partial charge in [0.2, 0.25) is 5.91 Å².